The molecule has 0 aliphatic carbocycles. The number of nitrogens with one attached hydrogen (secondary N) is 1. The number of aryl methyl sites for hydroxylation is 1. The fourth-order valence-electron chi connectivity index (χ4n) is 1.20. The number of rotatable bonds is 3. The highest BCUT2D eigenvalue weighted by molar-refractivity contribution is 5.42. The molecule has 0 saturated carbocycles. The van der Waals surface area contributed by atoms with E-state index in [1.54, 1.807) is 12.3 Å². The Labute approximate surface area is 97.8 Å². The topological polar surface area (TPSA) is 112 Å². The van der Waals surface area contributed by atoms with Gasteiger partial charge in [-0.15, -0.1) is 0 Å². The van der Waals surface area contributed by atoms with Crippen LogP contribution < -0.4 is 21.7 Å². The number of hydrogen-bond acceptors (Lipinski definition) is 7. The van der Waals surface area contributed by atoms with Crippen molar-refractivity contribution in [3.05, 3.63) is 30.1 Å². The zero-order chi connectivity index (χ0) is 12.3. The van der Waals surface area contributed by atoms with Crippen LogP contribution in [0.1, 0.15) is 5.69 Å². The number of nitrogen functional groups attached to an aromatic ring is 2. The lowest BCUT2D eigenvalue weighted by molar-refractivity contribution is 0.460. The van der Waals surface area contributed by atoms with E-state index in [9.17, 15) is 0 Å². The summed E-state index contributed by atoms with van der Waals surface area (Å²) in [5.41, 5.74) is 8.78. The predicted molar refractivity (Wildman–Crippen MR) is 63.3 cm³/mol. The lowest BCUT2D eigenvalue weighted by Crippen LogP contribution is -2.10. The fraction of sp³-hybridized carbons (Fsp3) is 0.100. The molecular formula is C10H12N6O. The van der Waals surface area contributed by atoms with Crippen molar-refractivity contribution < 1.29 is 4.74 Å². The molecule has 2 rings (SSSR count). The van der Waals surface area contributed by atoms with Crippen LogP contribution >= 0.6 is 0 Å². The molecule has 0 radical (unpaired) electrons. The molecule has 5 N–H and O–H groups in total. The van der Waals surface area contributed by atoms with E-state index in [1.165, 1.54) is 6.07 Å². The first-order valence-corrected chi connectivity index (χ1v) is 4.89. The Kier molecular flexibility index (Phi) is 3.01. The van der Waals surface area contributed by atoms with Crippen molar-refractivity contribution >= 4 is 11.8 Å². The van der Waals surface area contributed by atoms with Gasteiger partial charge in [-0.2, -0.15) is 9.97 Å². The number of nitrogens with two attached hydrogens (primary N) is 2. The zero-order valence-corrected chi connectivity index (χ0v) is 9.21. The van der Waals surface area contributed by atoms with Crippen molar-refractivity contribution in [3.8, 4) is 11.6 Å². The van der Waals surface area contributed by atoms with E-state index < -0.39 is 0 Å². The van der Waals surface area contributed by atoms with E-state index in [4.69, 9.17) is 16.3 Å². The first-order valence-electron chi connectivity index (χ1n) is 4.89. The summed E-state index contributed by atoms with van der Waals surface area (Å²) in [7, 11) is 0. The summed E-state index contributed by atoms with van der Waals surface area (Å²) in [6, 6.07) is 5.16. The van der Waals surface area contributed by atoms with Gasteiger partial charge in [-0.1, -0.05) is 0 Å². The molecule has 88 valence electrons. The van der Waals surface area contributed by atoms with Crippen LogP contribution in [-0.2, 0) is 0 Å². The van der Waals surface area contributed by atoms with Crippen LogP contribution in [-0.4, -0.2) is 15.0 Å². The van der Waals surface area contributed by atoms with Crippen LogP contribution in [0.5, 0.6) is 11.6 Å². The molecule has 0 saturated heterocycles. The van der Waals surface area contributed by atoms with Crippen LogP contribution in [0, 0.1) is 6.92 Å². The molecule has 2 aromatic heterocycles. The summed E-state index contributed by atoms with van der Waals surface area (Å²) in [6.07, 6.45) is 1.60. The maximum atomic E-state index is 5.50. The van der Waals surface area contributed by atoms with Crippen LogP contribution in [0.3, 0.4) is 0 Å². The fourth-order valence-corrected chi connectivity index (χ4v) is 1.20. The Morgan fingerprint density at radius 1 is 1.29 bits per heavy atom. The van der Waals surface area contributed by atoms with Gasteiger partial charge < -0.3 is 15.9 Å². The van der Waals surface area contributed by atoms with Gasteiger partial charge in [-0.05, 0) is 19.1 Å². The molecule has 7 heteroatoms. The van der Waals surface area contributed by atoms with Gasteiger partial charge >= 0.3 is 0 Å². The molecule has 0 aliphatic rings. The minimum atomic E-state index is 0.0792. The van der Waals surface area contributed by atoms with Crippen molar-refractivity contribution in [1.29, 1.82) is 0 Å². The van der Waals surface area contributed by atoms with Gasteiger partial charge in [-0.3, -0.25) is 4.98 Å². The molecule has 7 nitrogen and oxygen atoms in total. The maximum Gasteiger partial charge on any atom is 0.226 e. The van der Waals surface area contributed by atoms with Crippen molar-refractivity contribution in [2.24, 2.45) is 5.84 Å². The van der Waals surface area contributed by atoms with Crippen LogP contribution in [0.15, 0.2) is 24.4 Å². The van der Waals surface area contributed by atoms with Crippen molar-refractivity contribution in [2.45, 2.75) is 6.92 Å². The minimum Gasteiger partial charge on any atom is -0.437 e. The number of nitrogens with zero attached hydrogens (tertiary/aromatic N) is 3. The number of pyridine rings is 1. The Hall–Kier alpha value is -2.41. The monoisotopic (exact) mass is 232 g/mol. The van der Waals surface area contributed by atoms with Crippen molar-refractivity contribution in [1.82, 2.24) is 15.0 Å². The van der Waals surface area contributed by atoms with Gasteiger partial charge in [0.25, 0.3) is 0 Å². The van der Waals surface area contributed by atoms with E-state index in [-0.39, 0.29) is 5.95 Å². The average Bonchev–Trinajstić information content (AvgIpc) is 2.31. The molecule has 2 heterocycles. The summed E-state index contributed by atoms with van der Waals surface area (Å²) in [4.78, 5) is 11.9. The smallest absolute Gasteiger partial charge is 0.226 e. The first-order chi connectivity index (χ1) is 8.17. The highest BCUT2D eigenvalue weighted by Gasteiger charge is 2.04. The summed E-state index contributed by atoms with van der Waals surface area (Å²) in [5.74, 6) is 6.57. The Balaban J connectivity index is 2.23. The predicted octanol–water partition coefficient (Wildman–Crippen LogP) is 0.840. The standard InChI is InChI=1S/C10H12N6O/c1-6-2-3-7(5-13-6)17-9-4-8(16-12)14-10(11)15-9/h2-5H,12H2,1H3,(H3,11,14,15,16). The lowest BCUT2D eigenvalue weighted by atomic mass is 10.4. The third kappa shape index (κ3) is 2.79. The van der Waals surface area contributed by atoms with Gasteiger partial charge in [0.1, 0.15) is 11.6 Å². The number of anilines is 2. The number of ether oxygens (including phenoxy) is 1. The Morgan fingerprint density at radius 2 is 2.12 bits per heavy atom. The summed E-state index contributed by atoms with van der Waals surface area (Å²) < 4.78 is 5.47. The molecule has 0 bridgehead atoms. The molecule has 0 aromatic carbocycles. The van der Waals surface area contributed by atoms with E-state index in [0.717, 1.165) is 5.69 Å². The third-order valence-corrected chi connectivity index (χ3v) is 1.97. The SMILES string of the molecule is Cc1ccc(Oc2cc(NN)nc(N)n2)cn1. The van der Waals surface area contributed by atoms with Gasteiger partial charge in [-0.25, -0.2) is 5.84 Å². The minimum absolute atomic E-state index is 0.0792. The quantitative estimate of drug-likeness (QED) is 0.531. The second-order valence-corrected chi connectivity index (χ2v) is 3.33. The number of aromatic nitrogens is 3. The van der Waals surface area contributed by atoms with Gasteiger partial charge in [0.15, 0.2) is 0 Å². The first kappa shape index (κ1) is 11.1. The van der Waals surface area contributed by atoms with Gasteiger partial charge in [0, 0.05) is 11.8 Å². The zero-order valence-electron chi connectivity index (χ0n) is 9.21. The Morgan fingerprint density at radius 3 is 2.76 bits per heavy atom. The summed E-state index contributed by atoms with van der Waals surface area (Å²) >= 11 is 0. The average molecular weight is 232 g/mol. The van der Waals surface area contributed by atoms with Crippen molar-refractivity contribution in [3.63, 3.8) is 0 Å². The molecule has 2 aromatic rings. The van der Waals surface area contributed by atoms with Gasteiger partial charge in [0.05, 0.1) is 6.20 Å². The second-order valence-electron chi connectivity index (χ2n) is 3.33. The van der Waals surface area contributed by atoms with Crippen LogP contribution in [0.25, 0.3) is 0 Å². The highest BCUT2D eigenvalue weighted by Crippen LogP contribution is 2.21. The third-order valence-electron chi connectivity index (χ3n) is 1.97. The van der Waals surface area contributed by atoms with Crippen LogP contribution in [0.4, 0.5) is 11.8 Å². The van der Waals surface area contributed by atoms with Crippen molar-refractivity contribution in [2.75, 3.05) is 11.2 Å². The normalized spacial score (nSPS) is 10.0. The van der Waals surface area contributed by atoms with E-state index >= 15 is 0 Å². The molecule has 0 unspecified atom stereocenters. The molecule has 0 aliphatic heterocycles. The molecular weight excluding hydrogens is 220 g/mol. The molecule has 0 amide bonds. The maximum absolute atomic E-state index is 5.50. The number of hydrazine groups is 1. The second kappa shape index (κ2) is 4.62. The van der Waals surface area contributed by atoms with E-state index in [1.807, 2.05) is 13.0 Å². The van der Waals surface area contributed by atoms with E-state index in [2.05, 4.69) is 20.4 Å². The largest absolute Gasteiger partial charge is 0.437 e. The molecule has 0 atom stereocenters. The Bertz CT molecular complexity index is 513. The molecule has 0 fully saturated rings. The summed E-state index contributed by atoms with van der Waals surface area (Å²) in [5, 5.41) is 0. The number of hydrogen-bond donors (Lipinski definition) is 3. The lowest BCUT2D eigenvalue weighted by Gasteiger charge is -2.06. The summed E-state index contributed by atoms with van der Waals surface area (Å²) in [6.45, 7) is 1.89. The highest BCUT2D eigenvalue weighted by atomic mass is 16.5. The van der Waals surface area contributed by atoms with Crippen LogP contribution in [0.2, 0.25) is 0 Å². The van der Waals surface area contributed by atoms with E-state index in [0.29, 0.717) is 17.4 Å². The van der Waals surface area contributed by atoms with Gasteiger partial charge in [0.2, 0.25) is 11.8 Å². The molecule has 0 spiro atoms. The molecule has 17 heavy (non-hydrogen) atoms.